The van der Waals surface area contributed by atoms with Crippen LogP contribution in [0.2, 0.25) is 0 Å². The fourth-order valence-electron chi connectivity index (χ4n) is 1.08. The molecule has 1 unspecified atom stereocenters. The predicted octanol–water partition coefficient (Wildman–Crippen LogP) is 2.62. The monoisotopic (exact) mass is 162 g/mol. The van der Waals surface area contributed by atoms with E-state index in [0.29, 0.717) is 6.42 Å². The lowest BCUT2D eigenvalue weighted by molar-refractivity contribution is -0.110. The van der Waals surface area contributed by atoms with E-state index < -0.39 is 4.87 Å². The molecule has 0 aliphatic rings. The van der Waals surface area contributed by atoms with Gasteiger partial charge in [0.25, 0.3) is 0 Å². The lowest BCUT2D eigenvalue weighted by Gasteiger charge is -2.25. The minimum absolute atomic E-state index is 0.122. The van der Waals surface area contributed by atoms with E-state index in [2.05, 4.69) is 20.8 Å². The Kier molecular flexibility index (Phi) is 2.90. The van der Waals surface area contributed by atoms with E-state index in [0.717, 1.165) is 6.29 Å². The second-order valence-corrected chi connectivity index (χ2v) is 5.00. The summed E-state index contributed by atoms with van der Waals surface area (Å²) >= 11 is 5.84. The maximum atomic E-state index is 10.4. The maximum absolute atomic E-state index is 10.4. The molecule has 60 valence electrons. The third kappa shape index (κ3) is 4.80. The van der Waals surface area contributed by atoms with Crippen LogP contribution in [0.25, 0.3) is 0 Å². The molecule has 0 aromatic rings. The van der Waals surface area contributed by atoms with Crippen molar-refractivity contribution in [1.29, 1.82) is 0 Å². The summed E-state index contributed by atoms with van der Waals surface area (Å²) in [5.41, 5.74) is 0.122. The van der Waals surface area contributed by atoms with Gasteiger partial charge in [-0.15, -0.1) is 11.6 Å². The van der Waals surface area contributed by atoms with Crippen molar-refractivity contribution in [3.8, 4) is 0 Å². The molecule has 0 saturated heterocycles. The van der Waals surface area contributed by atoms with Crippen molar-refractivity contribution in [2.45, 2.75) is 39.0 Å². The zero-order chi connectivity index (χ0) is 8.41. The minimum atomic E-state index is -0.682. The molecule has 0 N–H and O–H groups in total. The second-order valence-electron chi connectivity index (χ2n) is 4.13. The Hall–Kier alpha value is -0.0400. The molecule has 0 radical (unpaired) electrons. The van der Waals surface area contributed by atoms with Crippen molar-refractivity contribution in [2.75, 3.05) is 0 Å². The number of halogens is 1. The van der Waals surface area contributed by atoms with Gasteiger partial charge in [-0.1, -0.05) is 20.8 Å². The van der Waals surface area contributed by atoms with Gasteiger partial charge >= 0.3 is 0 Å². The Morgan fingerprint density at radius 2 is 1.70 bits per heavy atom. The van der Waals surface area contributed by atoms with E-state index in [4.69, 9.17) is 11.6 Å². The minimum Gasteiger partial charge on any atom is -0.301 e. The van der Waals surface area contributed by atoms with Crippen LogP contribution in [0.15, 0.2) is 0 Å². The molecule has 10 heavy (non-hydrogen) atoms. The van der Waals surface area contributed by atoms with Crippen LogP contribution in [-0.2, 0) is 4.79 Å². The highest BCUT2D eigenvalue weighted by molar-refractivity contribution is 6.31. The summed E-state index contributed by atoms with van der Waals surface area (Å²) < 4.78 is 0. The molecule has 0 saturated carbocycles. The van der Waals surface area contributed by atoms with E-state index in [1.807, 2.05) is 0 Å². The average molecular weight is 163 g/mol. The predicted molar refractivity (Wildman–Crippen MR) is 44.4 cm³/mol. The molecule has 0 spiro atoms. The number of carbonyl (C=O) groups is 1. The molecule has 0 bridgehead atoms. The number of hydrogen-bond donors (Lipinski definition) is 0. The zero-order valence-corrected chi connectivity index (χ0v) is 7.83. The Labute approximate surface area is 67.8 Å². The number of rotatable bonds is 2. The van der Waals surface area contributed by atoms with E-state index in [9.17, 15) is 4.79 Å². The summed E-state index contributed by atoms with van der Waals surface area (Å²) in [5.74, 6) is 0. The van der Waals surface area contributed by atoms with Gasteiger partial charge < -0.3 is 4.79 Å². The van der Waals surface area contributed by atoms with Crippen LogP contribution in [0.3, 0.4) is 0 Å². The van der Waals surface area contributed by atoms with E-state index >= 15 is 0 Å². The molecule has 0 aliphatic carbocycles. The van der Waals surface area contributed by atoms with Crippen LogP contribution < -0.4 is 0 Å². The first-order valence-corrected chi connectivity index (χ1v) is 3.80. The van der Waals surface area contributed by atoms with E-state index in [1.54, 1.807) is 6.92 Å². The third-order valence-electron chi connectivity index (χ3n) is 1.12. The number of aldehydes is 1. The molecule has 1 atom stereocenters. The van der Waals surface area contributed by atoms with Gasteiger partial charge in [0, 0.05) is 0 Å². The average Bonchev–Trinajstić information content (AvgIpc) is 1.60. The van der Waals surface area contributed by atoms with Gasteiger partial charge in [0.05, 0.1) is 4.87 Å². The lowest BCUT2D eigenvalue weighted by Crippen LogP contribution is -2.25. The number of carbonyl (C=O) groups excluding carboxylic acids is 1. The number of alkyl halides is 1. The molecule has 0 aliphatic heterocycles. The van der Waals surface area contributed by atoms with Crippen molar-refractivity contribution < 1.29 is 4.79 Å². The summed E-state index contributed by atoms with van der Waals surface area (Å²) in [4.78, 5) is 9.69. The third-order valence-corrected chi connectivity index (χ3v) is 1.34. The van der Waals surface area contributed by atoms with Crippen molar-refractivity contribution in [3.05, 3.63) is 0 Å². The standard InChI is InChI=1S/C8H15ClO/c1-7(2,3)5-8(4,9)6-10/h6H,5H2,1-4H3. The SMILES string of the molecule is CC(C)(C)CC(C)(Cl)C=O. The van der Waals surface area contributed by atoms with Crippen molar-refractivity contribution in [2.24, 2.45) is 5.41 Å². The van der Waals surface area contributed by atoms with Crippen LogP contribution in [0.4, 0.5) is 0 Å². The Morgan fingerprint density at radius 3 is 1.80 bits per heavy atom. The van der Waals surface area contributed by atoms with Crippen molar-refractivity contribution >= 4 is 17.9 Å². The van der Waals surface area contributed by atoms with Crippen LogP contribution in [-0.4, -0.2) is 11.2 Å². The molecular formula is C8H15ClO. The summed E-state index contributed by atoms with van der Waals surface area (Å²) in [6, 6.07) is 0. The number of hydrogen-bond acceptors (Lipinski definition) is 1. The molecule has 0 aromatic heterocycles. The second kappa shape index (κ2) is 2.91. The summed E-state index contributed by atoms with van der Waals surface area (Å²) in [7, 11) is 0. The molecule has 1 nitrogen and oxygen atoms in total. The van der Waals surface area contributed by atoms with Crippen LogP contribution in [0.1, 0.15) is 34.1 Å². The highest BCUT2D eigenvalue weighted by Gasteiger charge is 2.26. The Bertz CT molecular complexity index is 122. The Balaban J connectivity index is 4.01. The van der Waals surface area contributed by atoms with E-state index in [-0.39, 0.29) is 5.41 Å². The van der Waals surface area contributed by atoms with Gasteiger partial charge in [-0.05, 0) is 18.8 Å². The maximum Gasteiger partial charge on any atom is 0.140 e. The highest BCUT2D eigenvalue weighted by Crippen LogP contribution is 2.29. The lowest BCUT2D eigenvalue weighted by atomic mass is 9.86. The van der Waals surface area contributed by atoms with Crippen LogP contribution in [0, 0.1) is 5.41 Å². The summed E-state index contributed by atoms with van der Waals surface area (Å²) in [6.07, 6.45) is 1.52. The van der Waals surface area contributed by atoms with Crippen molar-refractivity contribution in [3.63, 3.8) is 0 Å². The van der Waals surface area contributed by atoms with Gasteiger partial charge in [0.2, 0.25) is 0 Å². The first-order chi connectivity index (χ1) is 4.27. The molecule has 2 heteroatoms. The fourth-order valence-corrected chi connectivity index (χ4v) is 1.48. The molecular weight excluding hydrogens is 148 g/mol. The molecule has 0 rings (SSSR count). The van der Waals surface area contributed by atoms with Gasteiger partial charge in [0.15, 0.2) is 0 Å². The quantitative estimate of drug-likeness (QED) is 0.451. The zero-order valence-electron chi connectivity index (χ0n) is 7.07. The highest BCUT2D eigenvalue weighted by atomic mass is 35.5. The van der Waals surface area contributed by atoms with Crippen molar-refractivity contribution in [1.82, 2.24) is 0 Å². The first kappa shape index (κ1) is 9.96. The molecule has 0 heterocycles. The fraction of sp³-hybridized carbons (Fsp3) is 0.875. The summed E-state index contributed by atoms with van der Waals surface area (Å²) in [6.45, 7) is 7.94. The first-order valence-electron chi connectivity index (χ1n) is 3.42. The normalized spacial score (nSPS) is 18.1. The van der Waals surface area contributed by atoms with E-state index in [1.165, 1.54) is 0 Å². The largest absolute Gasteiger partial charge is 0.301 e. The molecule has 0 amide bonds. The topological polar surface area (TPSA) is 17.1 Å². The van der Waals surface area contributed by atoms with Gasteiger partial charge in [-0.3, -0.25) is 0 Å². The van der Waals surface area contributed by atoms with Gasteiger partial charge in [0.1, 0.15) is 6.29 Å². The molecule has 0 fully saturated rings. The van der Waals surface area contributed by atoms with Gasteiger partial charge in [-0.25, -0.2) is 0 Å². The summed E-state index contributed by atoms with van der Waals surface area (Å²) in [5, 5.41) is 0. The smallest absolute Gasteiger partial charge is 0.140 e. The molecule has 0 aromatic carbocycles. The van der Waals surface area contributed by atoms with Crippen LogP contribution in [0.5, 0.6) is 0 Å². The van der Waals surface area contributed by atoms with Gasteiger partial charge in [-0.2, -0.15) is 0 Å². The van der Waals surface area contributed by atoms with Crippen LogP contribution >= 0.6 is 11.6 Å². The Morgan fingerprint density at radius 1 is 1.30 bits per heavy atom.